The molecular weight excluding hydrogens is 242 g/mol. The molecule has 0 bridgehead atoms. The summed E-state index contributed by atoms with van der Waals surface area (Å²) in [5, 5.41) is 2.77. The van der Waals surface area contributed by atoms with Crippen molar-refractivity contribution in [3.05, 3.63) is 64.1 Å². The van der Waals surface area contributed by atoms with E-state index in [1.165, 1.54) is 12.3 Å². The lowest BCUT2D eigenvalue weighted by Gasteiger charge is -2.14. The molecule has 0 aliphatic carbocycles. The van der Waals surface area contributed by atoms with Crippen LogP contribution in [0.1, 0.15) is 28.9 Å². The summed E-state index contributed by atoms with van der Waals surface area (Å²) in [6.07, 6.45) is 1.49. The summed E-state index contributed by atoms with van der Waals surface area (Å²) >= 11 is 0. The number of amides is 1. The zero-order chi connectivity index (χ0) is 13.8. The number of pyridine rings is 1. The Morgan fingerprint density at radius 1 is 1.26 bits per heavy atom. The van der Waals surface area contributed by atoms with Crippen LogP contribution in [0.15, 0.2) is 47.4 Å². The third-order valence-electron chi connectivity index (χ3n) is 2.85. The molecule has 0 fully saturated rings. The van der Waals surface area contributed by atoms with Crippen molar-refractivity contribution < 1.29 is 4.79 Å². The second-order valence-electron chi connectivity index (χ2n) is 4.27. The number of H-pyrrole nitrogens is 1. The fraction of sp³-hybridized carbons (Fsp3) is 0.143. The Morgan fingerprint density at radius 3 is 2.58 bits per heavy atom. The SMILES string of the molecule is CC(NC(=O)c1ccc[nH]c1=O)c1ccc(N)cc1. The molecule has 1 atom stereocenters. The van der Waals surface area contributed by atoms with Gasteiger partial charge in [0.25, 0.3) is 11.5 Å². The average molecular weight is 257 g/mol. The smallest absolute Gasteiger partial charge is 0.260 e. The quantitative estimate of drug-likeness (QED) is 0.727. The molecule has 0 saturated carbocycles. The van der Waals surface area contributed by atoms with Crippen molar-refractivity contribution in [3.8, 4) is 0 Å². The van der Waals surface area contributed by atoms with E-state index in [1.54, 1.807) is 18.2 Å². The summed E-state index contributed by atoms with van der Waals surface area (Å²) in [4.78, 5) is 25.9. The minimum atomic E-state index is -0.399. The van der Waals surface area contributed by atoms with Crippen LogP contribution >= 0.6 is 0 Å². The lowest BCUT2D eigenvalue weighted by molar-refractivity contribution is 0.0938. The Morgan fingerprint density at radius 2 is 1.95 bits per heavy atom. The molecule has 5 nitrogen and oxygen atoms in total. The van der Waals surface area contributed by atoms with Gasteiger partial charge in [-0.15, -0.1) is 0 Å². The Labute approximate surface area is 110 Å². The zero-order valence-corrected chi connectivity index (χ0v) is 10.5. The average Bonchev–Trinajstić information content (AvgIpc) is 2.39. The molecule has 1 amide bonds. The normalized spacial score (nSPS) is 11.8. The molecule has 1 heterocycles. The van der Waals surface area contributed by atoms with Gasteiger partial charge in [-0.05, 0) is 36.8 Å². The van der Waals surface area contributed by atoms with E-state index in [4.69, 9.17) is 5.73 Å². The topological polar surface area (TPSA) is 88.0 Å². The van der Waals surface area contributed by atoms with Crippen molar-refractivity contribution in [1.82, 2.24) is 10.3 Å². The van der Waals surface area contributed by atoms with Gasteiger partial charge in [0, 0.05) is 11.9 Å². The number of rotatable bonds is 3. The van der Waals surface area contributed by atoms with E-state index in [0.29, 0.717) is 5.69 Å². The van der Waals surface area contributed by atoms with Crippen LogP contribution in [0.25, 0.3) is 0 Å². The first-order chi connectivity index (χ1) is 9.08. The first-order valence-electron chi connectivity index (χ1n) is 5.92. The van der Waals surface area contributed by atoms with Gasteiger partial charge >= 0.3 is 0 Å². The third kappa shape index (κ3) is 3.01. The number of benzene rings is 1. The van der Waals surface area contributed by atoms with Crippen molar-refractivity contribution in [1.29, 1.82) is 0 Å². The second kappa shape index (κ2) is 5.39. The first kappa shape index (κ1) is 12.9. The Bertz CT molecular complexity index is 632. The van der Waals surface area contributed by atoms with E-state index in [2.05, 4.69) is 10.3 Å². The van der Waals surface area contributed by atoms with Gasteiger partial charge in [0.1, 0.15) is 5.56 Å². The maximum atomic E-state index is 12.0. The number of nitrogens with two attached hydrogens (primary N) is 1. The molecule has 5 heteroatoms. The van der Waals surface area contributed by atoms with Crippen LogP contribution in [0.5, 0.6) is 0 Å². The number of hydrogen-bond acceptors (Lipinski definition) is 3. The number of carbonyl (C=O) groups excluding carboxylic acids is 1. The summed E-state index contributed by atoms with van der Waals surface area (Å²) in [6.45, 7) is 1.85. The molecule has 1 aromatic heterocycles. The van der Waals surface area contributed by atoms with Gasteiger partial charge in [0.15, 0.2) is 0 Å². The molecule has 1 unspecified atom stereocenters. The fourth-order valence-corrected chi connectivity index (χ4v) is 1.74. The maximum Gasteiger partial charge on any atom is 0.260 e. The minimum Gasteiger partial charge on any atom is -0.399 e. The highest BCUT2D eigenvalue weighted by atomic mass is 16.2. The van der Waals surface area contributed by atoms with E-state index in [1.807, 2.05) is 19.1 Å². The number of aromatic nitrogens is 1. The van der Waals surface area contributed by atoms with Gasteiger partial charge < -0.3 is 16.0 Å². The molecule has 0 spiro atoms. The molecule has 2 rings (SSSR count). The second-order valence-corrected chi connectivity index (χ2v) is 4.27. The van der Waals surface area contributed by atoms with Crippen LogP contribution in [0, 0.1) is 0 Å². The number of hydrogen-bond donors (Lipinski definition) is 3. The van der Waals surface area contributed by atoms with Crippen LogP contribution in [0.2, 0.25) is 0 Å². The van der Waals surface area contributed by atoms with Crippen molar-refractivity contribution in [3.63, 3.8) is 0 Å². The summed E-state index contributed by atoms with van der Waals surface area (Å²) in [5.74, 6) is -0.397. The Hall–Kier alpha value is -2.56. The van der Waals surface area contributed by atoms with Crippen LogP contribution < -0.4 is 16.6 Å². The molecule has 19 heavy (non-hydrogen) atoms. The van der Waals surface area contributed by atoms with Crippen LogP contribution in [-0.4, -0.2) is 10.9 Å². The highest BCUT2D eigenvalue weighted by Crippen LogP contribution is 2.14. The van der Waals surface area contributed by atoms with Crippen molar-refractivity contribution in [2.45, 2.75) is 13.0 Å². The molecule has 98 valence electrons. The van der Waals surface area contributed by atoms with E-state index in [9.17, 15) is 9.59 Å². The third-order valence-corrected chi connectivity index (χ3v) is 2.85. The summed E-state index contributed by atoms with van der Waals surface area (Å²) in [5.41, 5.74) is 6.90. The van der Waals surface area contributed by atoms with Crippen LogP contribution in [-0.2, 0) is 0 Å². The van der Waals surface area contributed by atoms with E-state index in [0.717, 1.165) is 5.56 Å². The number of anilines is 1. The lowest BCUT2D eigenvalue weighted by Crippen LogP contribution is -2.31. The molecule has 0 radical (unpaired) electrons. The minimum absolute atomic E-state index is 0.102. The van der Waals surface area contributed by atoms with E-state index >= 15 is 0 Å². The fourth-order valence-electron chi connectivity index (χ4n) is 1.74. The van der Waals surface area contributed by atoms with Gasteiger partial charge in [0.2, 0.25) is 0 Å². The van der Waals surface area contributed by atoms with Gasteiger partial charge in [-0.3, -0.25) is 9.59 Å². The van der Waals surface area contributed by atoms with Crippen molar-refractivity contribution >= 4 is 11.6 Å². The number of nitrogen functional groups attached to an aromatic ring is 1. The molecule has 0 aliphatic rings. The number of carbonyl (C=O) groups is 1. The summed E-state index contributed by atoms with van der Waals surface area (Å²) < 4.78 is 0. The van der Waals surface area contributed by atoms with Gasteiger partial charge in [0.05, 0.1) is 6.04 Å². The first-order valence-corrected chi connectivity index (χ1v) is 5.92. The standard InChI is InChI=1S/C14H15N3O2/c1-9(10-4-6-11(15)7-5-10)17-14(19)12-3-2-8-16-13(12)18/h2-9H,15H2,1H3,(H,16,18)(H,17,19). The highest BCUT2D eigenvalue weighted by Gasteiger charge is 2.13. The zero-order valence-electron chi connectivity index (χ0n) is 10.5. The van der Waals surface area contributed by atoms with E-state index < -0.39 is 11.5 Å². The summed E-state index contributed by atoms with van der Waals surface area (Å²) in [7, 11) is 0. The molecule has 4 N–H and O–H groups in total. The van der Waals surface area contributed by atoms with Gasteiger partial charge in [-0.25, -0.2) is 0 Å². The van der Waals surface area contributed by atoms with Gasteiger partial charge in [-0.2, -0.15) is 0 Å². The van der Waals surface area contributed by atoms with Crippen molar-refractivity contribution in [2.24, 2.45) is 0 Å². The predicted molar refractivity (Wildman–Crippen MR) is 73.8 cm³/mol. The van der Waals surface area contributed by atoms with Crippen molar-refractivity contribution in [2.75, 3.05) is 5.73 Å². The Kier molecular flexibility index (Phi) is 3.66. The number of nitrogens with one attached hydrogen (secondary N) is 2. The molecule has 1 aromatic carbocycles. The van der Waals surface area contributed by atoms with Crippen LogP contribution in [0.3, 0.4) is 0 Å². The molecule has 2 aromatic rings. The molecule has 0 saturated heterocycles. The Balaban J connectivity index is 2.13. The highest BCUT2D eigenvalue weighted by molar-refractivity contribution is 5.93. The summed E-state index contributed by atoms with van der Waals surface area (Å²) in [6, 6.07) is 10.1. The predicted octanol–water partition coefficient (Wildman–Crippen LogP) is 1.45. The molecule has 0 aliphatic heterocycles. The van der Waals surface area contributed by atoms with Gasteiger partial charge in [-0.1, -0.05) is 12.1 Å². The van der Waals surface area contributed by atoms with Crippen LogP contribution in [0.4, 0.5) is 5.69 Å². The number of aromatic amines is 1. The monoisotopic (exact) mass is 257 g/mol. The van der Waals surface area contributed by atoms with E-state index in [-0.39, 0.29) is 11.6 Å². The lowest BCUT2D eigenvalue weighted by atomic mass is 10.1. The largest absolute Gasteiger partial charge is 0.399 e. The maximum absolute atomic E-state index is 12.0. The molecular formula is C14H15N3O2.